The van der Waals surface area contributed by atoms with Gasteiger partial charge in [0, 0.05) is 51.3 Å². The zero-order valence-corrected chi connectivity index (χ0v) is 18.2. The lowest BCUT2D eigenvalue weighted by Gasteiger charge is -2.27. The number of hydrogen-bond acceptors (Lipinski definition) is 5. The molecule has 162 valence electrons. The average Bonchev–Trinajstić information content (AvgIpc) is 3.08. The molecule has 4 rings (SSSR count). The van der Waals surface area contributed by atoms with Crippen LogP contribution in [0.4, 0.5) is 0 Å². The number of rotatable bonds is 7. The van der Waals surface area contributed by atoms with Crippen molar-refractivity contribution in [3.05, 3.63) is 58.0 Å². The van der Waals surface area contributed by atoms with Gasteiger partial charge < -0.3 is 14.5 Å². The highest BCUT2D eigenvalue weighted by Crippen LogP contribution is 2.29. The minimum absolute atomic E-state index is 0.00309. The van der Waals surface area contributed by atoms with E-state index in [1.165, 1.54) is 11.1 Å². The molecule has 1 aromatic carbocycles. The van der Waals surface area contributed by atoms with Gasteiger partial charge in [0.2, 0.25) is 0 Å². The summed E-state index contributed by atoms with van der Waals surface area (Å²) in [4.78, 5) is 17.7. The molecule has 1 aromatic heterocycles. The van der Waals surface area contributed by atoms with Gasteiger partial charge in [-0.25, -0.2) is 0 Å². The van der Waals surface area contributed by atoms with Crippen LogP contribution in [0.15, 0.2) is 28.7 Å². The summed E-state index contributed by atoms with van der Waals surface area (Å²) in [6, 6.07) is 8.69. The number of aryl methyl sites for hydroxylation is 2. The largest absolute Gasteiger partial charge is 0.465 e. The first-order valence-corrected chi connectivity index (χ1v) is 11.1. The lowest BCUT2D eigenvalue weighted by Crippen LogP contribution is -2.38. The van der Waals surface area contributed by atoms with E-state index in [9.17, 15) is 4.79 Å². The number of amides is 1. The van der Waals surface area contributed by atoms with E-state index >= 15 is 0 Å². The summed E-state index contributed by atoms with van der Waals surface area (Å²) in [5.74, 6) is 1.71. The van der Waals surface area contributed by atoms with Gasteiger partial charge in [-0.05, 0) is 32.4 Å². The third kappa shape index (κ3) is 5.12. The monoisotopic (exact) mass is 411 g/mol. The fraction of sp³-hybridized carbons (Fsp3) is 0.542. The van der Waals surface area contributed by atoms with Crippen LogP contribution in [0.1, 0.15) is 45.0 Å². The Bertz CT molecular complexity index is 853. The number of morpholine rings is 1. The zero-order chi connectivity index (χ0) is 20.9. The second kappa shape index (κ2) is 9.77. The van der Waals surface area contributed by atoms with Crippen LogP contribution in [-0.4, -0.2) is 61.6 Å². The summed E-state index contributed by atoms with van der Waals surface area (Å²) in [6.07, 6.45) is 1.80. The van der Waals surface area contributed by atoms with Crippen molar-refractivity contribution in [2.75, 3.05) is 45.9 Å². The van der Waals surface area contributed by atoms with Gasteiger partial charge in [0.1, 0.15) is 11.5 Å². The van der Waals surface area contributed by atoms with Crippen molar-refractivity contribution in [2.24, 2.45) is 0 Å². The SMILES string of the molecule is Cc1ccc(CN2CCc3oc(C)c(C(=O)NCCCN4CCOCC4)c3C2)cc1. The Morgan fingerprint density at radius 1 is 1.07 bits per heavy atom. The highest BCUT2D eigenvalue weighted by Gasteiger charge is 2.28. The first-order valence-electron chi connectivity index (χ1n) is 11.1. The van der Waals surface area contributed by atoms with E-state index in [-0.39, 0.29) is 5.91 Å². The number of fused-ring (bicyclic) bond motifs is 1. The number of carbonyl (C=O) groups excluding carboxylic acids is 1. The van der Waals surface area contributed by atoms with Gasteiger partial charge in [-0.1, -0.05) is 29.8 Å². The second-order valence-electron chi connectivity index (χ2n) is 8.44. The third-order valence-corrected chi connectivity index (χ3v) is 6.10. The molecule has 2 aliphatic rings. The van der Waals surface area contributed by atoms with Crippen molar-refractivity contribution in [3.8, 4) is 0 Å². The fourth-order valence-corrected chi connectivity index (χ4v) is 4.38. The minimum Gasteiger partial charge on any atom is -0.465 e. The van der Waals surface area contributed by atoms with Crippen LogP contribution in [0.2, 0.25) is 0 Å². The number of nitrogens with zero attached hydrogens (tertiary/aromatic N) is 2. The number of furan rings is 1. The maximum Gasteiger partial charge on any atom is 0.255 e. The van der Waals surface area contributed by atoms with E-state index in [0.29, 0.717) is 6.54 Å². The maximum atomic E-state index is 12.9. The van der Waals surface area contributed by atoms with Crippen LogP contribution in [0.25, 0.3) is 0 Å². The molecule has 0 spiro atoms. The Hall–Kier alpha value is -2.15. The molecular formula is C24H33N3O3. The summed E-state index contributed by atoms with van der Waals surface area (Å²) in [5.41, 5.74) is 4.39. The Balaban J connectivity index is 1.33. The molecule has 6 heteroatoms. The molecule has 6 nitrogen and oxygen atoms in total. The predicted octanol–water partition coefficient (Wildman–Crippen LogP) is 2.91. The van der Waals surface area contributed by atoms with E-state index in [2.05, 4.69) is 46.3 Å². The molecular weight excluding hydrogens is 378 g/mol. The van der Waals surface area contributed by atoms with Crippen LogP contribution < -0.4 is 5.32 Å². The molecule has 0 bridgehead atoms. The van der Waals surface area contributed by atoms with Crippen LogP contribution >= 0.6 is 0 Å². The Morgan fingerprint density at radius 3 is 2.60 bits per heavy atom. The topological polar surface area (TPSA) is 58.0 Å². The van der Waals surface area contributed by atoms with Gasteiger partial charge in [-0.2, -0.15) is 0 Å². The normalized spacial score (nSPS) is 17.7. The molecule has 0 atom stereocenters. The maximum absolute atomic E-state index is 12.9. The van der Waals surface area contributed by atoms with Gasteiger partial charge in [-0.3, -0.25) is 14.6 Å². The molecule has 0 unspecified atom stereocenters. The van der Waals surface area contributed by atoms with Crippen molar-refractivity contribution in [3.63, 3.8) is 0 Å². The van der Waals surface area contributed by atoms with Crippen molar-refractivity contribution < 1.29 is 13.9 Å². The first kappa shape index (κ1) is 21.1. The molecule has 0 saturated carbocycles. The van der Waals surface area contributed by atoms with Crippen LogP contribution in [0.3, 0.4) is 0 Å². The van der Waals surface area contributed by atoms with Crippen LogP contribution in [0, 0.1) is 13.8 Å². The van der Waals surface area contributed by atoms with Crippen molar-refractivity contribution in [1.29, 1.82) is 0 Å². The van der Waals surface area contributed by atoms with Crippen molar-refractivity contribution in [2.45, 2.75) is 39.8 Å². The molecule has 1 fully saturated rings. The van der Waals surface area contributed by atoms with Gasteiger partial charge >= 0.3 is 0 Å². The van der Waals surface area contributed by atoms with Gasteiger partial charge in [0.15, 0.2) is 0 Å². The molecule has 30 heavy (non-hydrogen) atoms. The lowest BCUT2D eigenvalue weighted by molar-refractivity contribution is 0.0374. The summed E-state index contributed by atoms with van der Waals surface area (Å²) >= 11 is 0. The quantitative estimate of drug-likeness (QED) is 0.710. The van der Waals surface area contributed by atoms with Gasteiger partial charge in [0.05, 0.1) is 18.8 Å². The summed E-state index contributed by atoms with van der Waals surface area (Å²) in [6.45, 7) is 11.9. The van der Waals surface area contributed by atoms with Crippen molar-refractivity contribution >= 4 is 5.91 Å². The summed E-state index contributed by atoms with van der Waals surface area (Å²) < 4.78 is 11.3. The molecule has 1 N–H and O–H groups in total. The van der Waals surface area contributed by atoms with Crippen LogP contribution in [-0.2, 0) is 24.2 Å². The predicted molar refractivity (Wildman–Crippen MR) is 117 cm³/mol. The number of hydrogen-bond donors (Lipinski definition) is 1. The van der Waals surface area contributed by atoms with Gasteiger partial charge in [-0.15, -0.1) is 0 Å². The molecule has 0 radical (unpaired) electrons. The molecule has 2 aliphatic heterocycles. The molecule has 1 amide bonds. The standard InChI is InChI=1S/C24H33N3O3/c1-18-4-6-20(7-5-18)16-27-11-8-22-21(17-27)23(19(2)30-22)24(28)25-9-3-10-26-12-14-29-15-13-26/h4-7H,3,8-17H2,1-2H3,(H,25,28). The Labute approximate surface area is 179 Å². The summed E-state index contributed by atoms with van der Waals surface area (Å²) in [5, 5.41) is 3.11. The molecule has 2 aromatic rings. The summed E-state index contributed by atoms with van der Waals surface area (Å²) in [7, 11) is 0. The third-order valence-electron chi connectivity index (χ3n) is 6.10. The molecule has 3 heterocycles. The average molecular weight is 412 g/mol. The van der Waals surface area contributed by atoms with E-state index in [4.69, 9.17) is 9.15 Å². The molecule has 0 aliphatic carbocycles. The number of ether oxygens (including phenoxy) is 1. The smallest absolute Gasteiger partial charge is 0.255 e. The number of benzene rings is 1. The molecule has 1 saturated heterocycles. The Kier molecular flexibility index (Phi) is 6.87. The second-order valence-corrected chi connectivity index (χ2v) is 8.44. The fourth-order valence-electron chi connectivity index (χ4n) is 4.38. The van der Waals surface area contributed by atoms with Gasteiger partial charge in [0.25, 0.3) is 5.91 Å². The highest BCUT2D eigenvalue weighted by molar-refractivity contribution is 5.97. The first-order chi connectivity index (χ1) is 14.6. The van der Waals surface area contributed by atoms with E-state index in [1.807, 2.05) is 6.92 Å². The van der Waals surface area contributed by atoms with E-state index < -0.39 is 0 Å². The van der Waals surface area contributed by atoms with E-state index in [0.717, 1.165) is 88.0 Å². The van der Waals surface area contributed by atoms with E-state index in [1.54, 1.807) is 0 Å². The number of carbonyl (C=O) groups is 1. The number of nitrogens with one attached hydrogen (secondary N) is 1. The van der Waals surface area contributed by atoms with Crippen LogP contribution in [0.5, 0.6) is 0 Å². The lowest BCUT2D eigenvalue weighted by atomic mass is 10.0. The highest BCUT2D eigenvalue weighted by atomic mass is 16.5. The Morgan fingerprint density at radius 2 is 1.83 bits per heavy atom. The van der Waals surface area contributed by atoms with Crippen molar-refractivity contribution in [1.82, 2.24) is 15.1 Å². The minimum atomic E-state index is -0.00309. The zero-order valence-electron chi connectivity index (χ0n) is 18.2.